The van der Waals surface area contributed by atoms with Crippen molar-refractivity contribution in [1.82, 2.24) is 9.13 Å². The molecule has 0 saturated carbocycles. The molecule has 15 aromatic rings. The fraction of sp³-hybridized carbons (Fsp3) is 0.0488. The van der Waals surface area contributed by atoms with Crippen LogP contribution in [0.5, 0.6) is 0 Å². The SMILES string of the molecule is CC(C)(C)c1ccc2c(c1)c1ccc3c(c4ccc(-c5ccccc5[Si](c5ccccc5)(c5ccccc5)c5ccccc5)cc4n3-c3cccc(-c4ccc5c(c4)-c4ccccc4[Si]5(c4ccccc4)c4ccccc4)c3)c1n2-c1ccccc1. The molecule has 0 N–H and O–H groups in total. The summed E-state index contributed by atoms with van der Waals surface area (Å²) in [5, 5.41) is 16.1. The summed E-state index contributed by atoms with van der Waals surface area (Å²) in [4.78, 5) is 0. The molecule has 0 spiro atoms. The Kier molecular flexibility index (Phi) is 12.2. The number of fused-ring (bicyclic) bond motifs is 10. The quantitative estimate of drug-likeness (QED) is 0.0954. The summed E-state index contributed by atoms with van der Waals surface area (Å²) in [5.74, 6) is 0. The summed E-state index contributed by atoms with van der Waals surface area (Å²) in [6, 6.07) is 122. The van der Waals surface area contributed by atoms with Crippen molar-refractivity contribution in [2.75, 3.05) is 0 Å². The summed E-state index contributed by atoms with van der Waals surface area (Å²) in [7, 11) is -5.61. The van der Waals surface area contributed by atoms with Gasteiger partial charge in [0.25, 0.3) is 0 Å². The van der Waals surface area contributed by atoms with E-state index in [1.54, 1.807) is 0 Å². The molecule has 13 aromatic carbocycles. The first kappa shape index (κ1) is 51.5. The predicted molar refractivity (Wildman–Crippen MR) is 371 cm³/mol. The molecule has 0 amide bonds. The third kappa shape index (κ3) is 7.83. The fourth-order valence-corrected chi connectivity index (χ4v) is 25.1. The van der Waals surface area contributed by atoms with Gasteiger partial charge in [0, 0.05) is 32.9 Å². The molecule has 2 aromatic heterocycles. The molecule has 0 aliphatic carbocycles. The van der Waals surface area contributed by atoms with E-state index in [1.807, 2.05) is 0 Å². The van der Waals surface area contributed by atoms with Crippen molar-refractivity contribution in [3.63, 3.8) is 0 Å². The Morgan fingerprint density at radius 3 is 1.47 bits per heavy atom. The Morgan fingerprint density at radius 2 is 0.826 bits per heavy atom. The molecule has 0 fully saturated rings. The zero-order chi connectivity index (χ0) is 57.6. The number of aromatic nitrogens is 2. The molecule has 4 heteroatoms. The minimum Gasteiger partial charge on any atom is -0.309 e. The Morgan fingerprint density at radius 1 is 0.314 bits per heavy atom. The molecule has 1 aliphatic rings. The van der Waals surface area contributed by atoms with Gasteiger partial charge in [0.2, 0.25) is 0 Å². The molecule has 86 heavy (non-hydrogen) atoms. The van der Waals surface area contributed by atoms with E-state index in [2.05, 4.69) is 351 Å². The summed E-state index contributed by atoms with van der Waals surface area (Å²) < 4.78 is 5.09. The van der Waals surface area contributed by atoms with Gasteiger partial charge in [-0.2, -0.15) is 0 Å². The summed E-state index contributed by atoms with van der Waals surface area (Å²) in [6.07, 6.45) is 0. The second-order valence-corrected chi connectivity index (χ2v) is 31.8. The van der Waals surface area contributed by atoms with E-state index in [0.29, 0.717) is 0 Å². The van der Waals surface area contributed by atoms with Gasteiger partial charge in [-0.3, -0.25) is 0 Å². The van der Waals surface area contributed by atoms with E-state index in [-0.39, 0.29) is 5.41 Å². The Balaban J connectivity index is 0.966. The van der Waals surface area contributed by atoms with E-state index in [0.717, 1.165) is 22.4 Å². The van der Waals surface area contributed by atoms with Crippen molar-refractivity contribution < 1.29 is 0 Å². The van der Waals surface area contributed by atoms with Crippen LogP contribution >= 0.6 is 0 Å². The van der Waals surface area contributed by atoms with Crippen molar-refractivity contribution in [1.29, 1.82) is 0 Å². The molecule has 0 atom stereocenters. The van der Waals surface area contributed by atoms with Crippen molar-refractivity contribution in [2.24, 2.45) is 0 Å². The standard InChI is InChI=1S/C82H62N2Si2/c1-82(2,3)60-47-50-74-72(56-60)70-49-51-75-80(81(70)84(74)61-28-10-4-11-29-61)71-48-45-59(68-41-22-24-43-77(68)85(63-31-12-5-13-32-63,64-33-14-6-15-34-64)65-35-16-7-17-36-65)55-76(71)83(75)62-30-26-27-57(53-62)58-46-52-79-73(54-58)69-42-23-25-44-78(69)86(79,66-37-18-8-19-38-66)67-39-20-9-21-40-67/h4-56H,1-3H3. The third-order valence-corrected chi connectivity index (χ3v) is 28.4. The van der Waals surface area contributed by atoms with Gasteiger partial charge in [0.1, 0.15) is 0 Å². The fourth-order valence-electron chi connectivity index (χ4n) is 14.9. The Hall–Kier alpha value is -10.1. The zero-order valence-electron chi connectivity index (χ0n) is 48.5. The molecule has 408 valence electrons. The lowest BCUT2D eigenvalue weighted by Crippen LogP contribution is -2.75. The first-order valence-corrected chi connectivity index (χ1v) is 34.2. The van der Waals surface area contributed by atoms with E-state index in [9.17, 15) is 0 Å². The van der Waals surface area contributed by atoms with E-state index in [1.165, 1.54) is 113 Å². The third-order valence-electron chi connectivity index (χ3n) is 18.7. The normalized spacial score (nSPS) is 12.9. The molecular weight excluding hydrogens is 1070 g/mol. The maximum Gasteiger partial charge on any atom is 0.180 e. The molecular formula is C82H62N2Si2. The maximum absolute atomic E-state index is 2.95. The Labute approximate surface area is 505 Å². The van der Waals surface area contributed by atoms with Gasteiger partial charge >= 0.3 is 0 Å². The van der Waals surface area contributed by atoms with Crippen LogP contribution in [0.2, 0.25) is 0 Å². The highest BCUT2D eigenvalue weighted by Crippen LogP contribution is 2.45. The lowest BCUT2D eigenvalue weighted by Gasteiger charge is -2.36. The van der Waals surface area contributed by atoms with Crippen LogP contribution in [0.1, 0.15) is 26.3 Å². The molecule has 0 radical (unpaired) electrons. The van der Waals surface area contributed by atoms with Crippen LogP contribution in [-0.2, 0) is 5.41 Å². The smallest absolute Gasteiger partial charge is 0.180 e. The topological polar surface area (TPSA) is 9.86 Å². The molecule has 2 nitrogen and oxygen atoms in total. The lowest BCUT2D eigenvalue weighted by atomic mass is 9.86. The Bertz CT molecular complexity index is 4930. The highest BCUT2D eigenvalue weighted by Gasteiger charge is 2.49. The van der Waals surface area contributed by atoms with Crippen LogP contribution in [0.25, 0.3) is 88.4 Å². The first-order valence-electron chi connectivity index (χ1n) is 30.2. The second kappa shape index (κ2) is 20.3. The number of nitrogens with zero attached hydrogens (tertiary/aromatic N) is 2. The zero-order valence-corrected chi connectivity index (χ0v) is 50.5. The molecule has 0 saturated heterocycles. The number of hydrogen-bond donors (Lipinski definition) is 0. The van der Waals surface area contributed by atoms with Crippen molar-refractivity contribution in [3.05, 3.63) is 327 Å². The average Bonchev–Trinajstić information content (AvgIpc) is 1.69. The van der Waals surface area contributed by atoms with Gasteiger partial charge < -0.3 is 9.13 Å². The largest absolute Gasteiger partial charge is 0.309 e. The maximum atomic E-state index is 2.56. The highest BCUT2D eigenvalue weighted by atomic mass is 28.3. The van der Waals surface area contributed by atoms with Crippen molar-refractivity contribution >= 4 is 101 Å². The van der Waals surface area contributed by atoms with Crippen LogP contribution in [-0.4, -0.2) is 25.3 Å². The van der Waals surface area contributed by atoms with Gasteiger partial charge in [-0.25, -0.2) is 0 Å². The van der Waals surface area contributed by atoms with Crippen LogP contribution in [0, 0.1) is 0 Å². The van der Waals surface area contributed by atoms with Gasteiger partial charge in [0.05, 0.1) is 22.1 Å². The first-order chi connectivity index (χ1) is 42.3. The van der Waals surface area contributed by atoms with Gasteiger partial charge in [0.15, 0.2) is 16.1 Å². The average molecular weight is 1130 g/mol. The summed E-state index contributed by atoms with van der Waals surface area (Å²) >= 11 is 0. The summed E-state index contributed by atoms with van der Waals surface area (Å²) in [6.45, 7) is 6.95. The molecule has 0 bridgehead atoms. The molecule has 16 rings (SSSR count). The molecule has 3 heterocycles. The second-order valence-electron chi connectivity index (χ2n) is 24.3. The number of benzene rings is 13. The van der Waals surface area contributed by atoms with E-state index >= 15 is 0 Å². The molecule has 1 aliphatic heterocycles. The van der Waals surface area contributed by atoms with E-state index in [4.69, 9.17) is 0 Å². The van der Waals surface area contributed by atoms with Gasteiger partial charge in [-0.1, -0.05) is 288 Å². The van der Waals surface area contributed by atoms with Crippen LogP contribution in [0.3, 0.4) is 0 Å². The minimum absolute atomic E-state index is 0.0216. The summed E-state index contributed by atoms with van der Waals surface area (Å²) in [5.41, 5.74) is 15.8. The van der Waals surface area contributed by atoms with Crippen molar-refractivity contribution in [2.45, 2.75) is 26.2 Å². The van der Waals surface area contributed by atoms with Gasteiger partial charge in [-0.05, 0) is 140 Å². The van der Waals surface area contributed by atoms with Crippen LogP contribution < -0.4 is 41.5 Å². The number of rotatable bonds is 10. The van der Waals surface area contributed by atoms with Crippen LogP contribution in [0.15, 0.2) is 322 Å². The van der Waals surface area contributed by atoms with Crippen LogP contribution in [0.4, 0.5) is 0 Å². The number of para-hydroxylation sites is 1. The molecule has 0 unspecified atom stereocenters. The monoisotopic (exact) mass is 1130 g/mol. The number of hydrogen-bond acceptors (Lipinski definition) is 0. The lowest BCUT2D eigenvalue weighted by molar-refractivity contribution is 0.591. The predicted octanol–water partition coefficient (Wildman–Crippen LogP) is 15.2. The van der Waals surface area contributed by atoms with Gasteiger partial charge in [-0.15, -0.1) is 0 Å². The van der Waals surface area contributed by atoms with Crippen molar-refractivity contribution in [3.8, 4) is 44.8 Å². The van der Waals surface area contributed by atoms with E-state index < -0.39 is 16.1 Å². The minimum atomic E-state index is -2.95. The highest BCUT2D eigenvalue weighted by molar-refractivity contribution is 7.22.